The van der Waals surface area contributed by atoms with Crippen molar-refractivity contribution in [3.05, 3.63) is 65.2 Å². The van der Waals surface area contributed by atoms with Gasteiger partial charge in [-0.15, -0.1) is 0 Å². The molecule has 0 aliphatic rings. The predicted molar refractivity (Wildman–Crippen MR) is 81.7 cm³/mol. The Bertz CT molecular complexity index is 826. The lowest BCUT2D eigenvalue weighted by Gasteiger charge is -2.09. The van der Waals surface area contributed by atoms with Gasteiger partial charge in [-0.1, -0.05) is 29.8 Å². The van der Waals surface area contributed by atoms with Crippen LogP contribution in [0.5, 0.6) is 0 Å². The summed E-state index contributed by atoms with van der Waals surface area (Å²) in [5, 5.41) is 0. The van der Waals surface area contributed by atoms with Crippen molar-refractivity contribution in [3.63, 3.8) is 0 Å². The van der Waals surface area contributed by atoms with E-state index in [2.05, 4.69) is 0 Å². The fourth-order valence-corrected chi connectivity index (χ4v) is 2.94. The van der Waals surface area contributed by atoms with Crippen molar-refractivity contribution in [2.24, 2.45) is 0 Å². The Morgan fingerprint density at radius 2 is 1.54 bits per heavy atom. The summed E-state index contributed by atoms with van der Waals surface area (Å²) in [4.78, 5) is 11.8. The van der Waals surface area contributed by atoms with Crippen molar-refractivity contribution < 1.29 is 26.4 Å². The van der Waals surface area contributed by atoms with Crippen LogP contribution in [0.3, 0.4) is 0 Å². The maximum atomic E-state index is 12.5. The van der Waals surface area contributed by atoms with E-state index in [1.165, 1.54) is 12.1 Å². The normalized spacial score (nSPS) is 12.0. The van der Waals surface area contributed by atoms with E-state index in [1.807, 2.05) is 4.72 Å². The third kappa shape index (κ3) is 4.58. The molecule has 0 fully saturated rings. The van der Waals surface area contributed by atoms with Crippen LogP contribution < -0.4 is 4.72 Å². The molecule has 0 radical (unpaired) electrons. The molecule has 128 valence electrons. The van der Waals surface area contributed by atoms with Gasteiger partial charge in [-0.2, -0.15) is 13.2 Å². The van der Waals surface area contributed by atoms with Gasteiger partial charge in [0, 0.05) is 0 Å². The Morgan fingerprint density at radius 3 is 2.04 bits per heavy atom. The standard InChI is InChI=1S/C16H14F3NO3S/c1-11-2-8-14(9-3-11)24(22,23)20-15(21)10-12-4-6-13(7-5-12)16(17,18)19/h2-9H,10H2,1H3,(H,20,21). The zero-order chi connectivity index (χ0) is 18.0. The molecule has 0 atom stereocenters. The minimum Gasteiger partial charge on any atom is -0.274 e. The molecule has 2 aromatic rings. The van der Waals surface area contributed by atoms with Gasteiger partial charge in [0.1, 0.15) is 0 Å². The molecular weight excluding hydrogens is 343 g/mol. The number of nitrogens with one attached hydrogen (secondary N) is 1. The van der Waals surface area contributed by atoms with Gasteiger partial charge in [0.25, 0.3) is 10.0 Å². The number of benzene rings is 2. The van der Waals surface area contributed by atoms with Crippen LogP contribution in [0.25, 0.3) is 0 Å². The molecule has 0 saturated carbocycles. The number of rotatable bonds is 4. The molecule has 1 amide bonds. The minimum atomic E-state index is -4.46. The summed E-state index contributed by atoms with van der Waals surface area (Å²) in [7, 11) is -4.01. The van der Waals surface area contributed by atoms with Crippen molar-refractivity contribution in [3.8, 4) is 0 Å². The highest BCUT2D eigenvalue weighted by molar-refractivity contribution is 7.90. The van der Waals surface area contributed by atoms with Crippen LogP contribution >= 0.6 is 0 Å². The summed E-state index contributed by atoms with van der Waals surface area (Å²) < 4.78 is 63.4. The number of alkyl halides is 3. The van der Waals surface area contributed by atoms with Crippen molar-refractivity contribution in [2.45, 2.75) is 24.4 Å². The lowest BCUT2D eigenvalue weighted by molar-refractivity contribution is -0.137. The van der Waals surface area contributed by atoms with E-state index in [9.17, 15) is 26.4 Å². The third-order valence-electron chi connectivity index (χ3n) is 3.23. The van der Waals surface area contributed by atoms with E-state index in [-0.39, 0.29) is 16.9 Å². The van der Waals surface area contributed by atoms with E-state index in [1.54, 1.807) is 19.1 Å². The molecular formula is C16H14F3NO3S. The van der Waals surface area contributed by atoms with Gasteiger partial charge in [-0.3, -0.25) is 4.79 Å². The van der Waals surface area contributed by atoms with Crippen LogP contribution in [0.4, 0.5) is 13.2 Å². The summed E-state index contributed by atoms with van der Waals surface area (Å²) in [6.07, 6.45) is -4.81. The Labute approximate surface area is 137 Å². The largest absolute Gasteiger partial charge is 0.416 e. The van der Waals surface area contributed by atoms with E-state index >= 15 is 0 Å². The molecule has 2 rings (SSSR count). The zero-order valence-electron chi connectivity index (χ0n) is 12.6. The van der Waals surface area contributed by atoms with Crippen molar-refractivity contribution in [2.75, 3.05) is 0 Å². The smallest absolute Gasteiger partial charge is 0.274 e. The van der Waals surface area contributed by atoms with E-state index in [0.29, 0.717) is 0 Å². The van der Waals surface area contributed by atoms with Gasteiger partial charge in [-0.05, 0) is 36.8 Å². The Balaban J connectivity index is 2.06. The molecule has 0 unspecified atom stereocenters. The number of sulfonamides is 1. The Morgan fingerprint density at radius 1 is 1.00 bits per heavy atom. The molecule has 0 aliphatic heterocycles. The van der Waals surface area contributed by atoms with Gasteiger partial charge in [0.05, 0.1) is 16.9 Å². The van der Waals surface area contributed by atoms with Gasteiger partial charge in [0.15, 0.2) is 0 Å². The first-order chi connectivity index (χ1) is 11.1. The van der Waals surface area contributed by atoms with Crippen LogP contribution in [0.1, 0.15) is 16.7 Å². The second-order valence-corrected chi connectivity index (χ2v) is 6.90. The van der Waals surface area contributed by atoms with Gasteiger partial charge < -0.3 is 0 Å². The highest BCUT2D eigenvalue weighted by atomic mass is 32.2. The molecule has 0 aromatic heterocycles. The fraction of sp³-hybridized carbons (Fsp3) is 0.188. The highest BCUT2D eigenvalue weighted by Gasteiger charge is 2.30. The molecule has 0 bridgehead atoms. The monoisotopic (exact) mass is 357 g/mol. The number of halogens is 3. The van der Waals surface area contributed by atoms with Crippen LogP contribution in [0, 0.1) is 6.92 Å². The van der Waals surface area contributed by atoms with Crippen molar-refractivity contribution in [1.82, 2.24) is 4.72 Å². The van der Waals surface area contributed by atoms with E-state index in [0.717, 1.165) is 29.8 Å². The number of carbonyl (C=O) groups excluding carboxylic acids is 1. The number of carbonyl (C=O) groups is 1. The number of hydrogen-bond acceptors (Lipinski definition) is 3. The van der Waals surface area contributed by atoms with E-state index in [4.69, 9.17) is 0 Å². The van der Waals surface area contributed by atoms with Gasteiger partial charge >= 0.3 is 6.18 Å². The molecule has 2 aromatic carbocycles. The number of amides is 1. The molecule has 0 aliphatic carbocycles. The minimum absolute atomic E-state index is 0.0612. The van der Waals surface area contributed by atoms with Crippen LogP contribution in [-0.4, -0.2) is 14.3 Å². The van der Waals surface area contributed by atoms with Crippen LogP contribution in [0.2, 0.25) is 0 Å². The van der Waals surface area contributed by atoms with Gasteiger partial charge in [0.2, 0.25) is 5.91 Å². The lowest BCUT2D eigenvalue weighted by Crippen LogP contribution is -2.31. The molecule has 1 N–H and O–H groups in total. The summed E-state index contributed by atoms with van der Waals surface area (Å²) in [6.45, 7) is 1.79. The van der Waals surface area contributed by atoms with E-state index < -0.39 is 27.7 Å². The first kappa shape index (κ1) is 18.0. The second kappa shape index (κ2) is 6.64. The molecule has 0 heterocycles. The van der Waals surface area contributed by atoms with Crippen molar-refractivity contribution in [1.29, 1.82) is 0 Å². The summed E-state index contributed by atoms with van der Waals surface area (Å²) in [6, 6.07) is 9.88. The Hall–Kier alpha value is -2.35. The molecule has 0 saturated heterocycles. The third-order valence-corrected chi connectivity index (χ3v) is 4.61. The topological polar surface area (TPSA) is 63.2 Å². The lowest BCUT2D eigenvalue weighted by atomic mass is 10.1. The predicted octanol–water partition coefficient (Wildman–Crippen LogP) is 3.06. The molecule has 4 nitrogen and oxygen atoms in total. The second-order valence-electron chi connectivity index (χ2n) is 5.21. The highest BCUT2D eigenvalue weighted by Crippen LogP contribution is 2.29. The Kier molecular flexibility index (Phi) is 4.98. The van der Waals surface area contributed by atoms with Crippen LogP contribution in [0.15, 0.2) is 53.4 Å². The average Bonchev–Trinajstić information content (AvgIpc) is 2.46. The quantitative estimate of drug-likeness (QED) is 0.915. The van der Waals surface area contributed by atoms with Crippen LogP contribution in [-0.2, 0) is 27.4 Å². The van der Waals surface area contributed by atoms with Crippen molar-refractivity contribution >= 4 is 15.9 Å². The number of hydrogen-bond donors (Lipinski definition) is 1. The van der Waals surface area contributed by atoms with Gasteiger partial charge in [-0.25, -0.2) is 13.1 Å². The molecule has 8 heteroatoms. The first-order valence-corrected chi connectivity index (χ1v) is 8.35. The summed E-state index contributed by atoms with van der Waals surface area (Å²) in [5.41, 5.74) is 0.309. The summed E-state index contributed by atoms with van der Waals surface area (Å²) >= 11 is 0. The average molecular weight is 357 g/mol. The summed E-state index contributed by atoms with van der Waals surface area (Å²) in [5.74, 6) is -0.824. The first-order valence-electron chi connectivity index (χ1n) is 6.86. The molecule has 24 heavy (non-hydrogen) atoms. The maximum absolute atomic E-state index is 12.5. The fourth-order valence-electron chi connectivity index (χ4n) is 1.96. The molecule has 0 spiro atoms. The number of aryl methyl sites for hydroxylation is 1. The SMILES string of the molecule is Cc1ccc(S(=O)(=O)NC(=O)Cc2ccc(C(F)(F)F)cc2)cc1. The maximum Gasteiger partial charge on any atom is 0.416 e. The zero-order valence-corrected chi connectivity index (χ0v) is 13.4.